The number of nitrogens with one attached hydrogen (secondary N) is 1. The SMILES string of the molecule is C=C1NC(C)CN1C. The van der Waals surface area contributed by atoms with Crippen molar-refractivity contribution in [2.75, 3.05) is 13.6 Å². The first kappa shape index (κ1) is 5.48. The van der Waals surface area contributed by atoms with Crippen molar-refractivity contribution in [3.05, 3.63) is 12.4 Å². The molecule has 1 aliphatic heterocycles. The Bertz CT molecular complexity index is 109. The molecule has 0 spiro atoms. The minimum absolute atomic E-state index is 0.576. The second-order valence-corrected chi connectivity index (χ2v) is 2.37. The van der Waals surface area contributed by atoms with Crippen molar-refractivity contribution >= 4 is 0 Å². The highest BCUT2D eigenvalue weighted by Crippen LogP contribution is 2.04. The lowest BCUT2D eigenvalue weighted by molar-refractivity contribution is 0.471. The van der Waals surface area contributed by atoms with Gasteiger partial charge >= 0.3 is 0 Å². The van der Waals surface area contributed by atoms with Crippen LogP contribution in [0.1, 0.15) is 6.92 Å². The van der Waals surface area contributed by atoms with E-state index >= 15 is 0 Å². The Kier molecular flexibility index (Phi) is 1.16. The second-order valence-electron chi connectivity index (χ2n) is 2.37. The van der Waals surface area contributed by atoms with Gasteiger partial charge in [0.15, 0.2) is 0 Å². The van der Waals surface area contributed by atoms with Crippen molar-refractivity contribution in [3.8, 4) is 0 Å². The molecule has 0 bridgehead atoms. The lowest BCUT2D eigenvalue weighted by Crippen LogP contribution is -2.17. The number of hydrogen-bond donors (Lipinski definition) is 1. The number of likely N-dealkylation sites (N-methyl/N-ethyl adjacent to an activating group) is 1. The van der Waals surface area contributed by atoms with Crippen LogP contribution in [0.5, 0.6) is 0 Å². The first-order chi connectivity index (χ1) is 3.70. The maximum atomic E-state index is 3.80. The van der Waals surface area contributed by atoms with Crippen molar-refractivity contribution in [1.82, 2.24) is 10.2 Å². The van der Waals surface area contributed by atoms with Gasteiger partial charge in [-0.3, -0.25) is 0 Å². The Balaban J connectivity index is 2.51. The van der Waals surface area contributed by atoms with Gasteiger partial charge in [-0.25, -0.2) is 0 Å². The molecule has 1 unspecified atom stereocenters. The zero-order valence-corrected chi connectivity index (χ0v) is 5.44. The van der Waals surface area contributed by atoms with E-state index in [0.717, 1.165) is 12.4 Å². The molecule has 2 heteroatoms. The third kappa shape index (κ3) is 0.782. The predicted octanol–water partition coefficient (Wildman–Crippen LogP) is 0.381. The summed E-state index contributed by atoms with van der Waals surface area (Å²) >= 11 is 0. The van der Waals surface area contributed by atoms with Crippen molar-refractivity contribution in [3.63, 3.8) is 0 Å². The van der Waals surface area contributed by atoms with Crippen LogP contribution in [0.25, 0.3) is 0 Å². The lowest BCUT2D eigenvalue weighted by atomic mass is 10.4. The second kappa shape index (κ2) is 1.69. The van der Waals surface area contributed by atoms with Crippen molar-refractivity contribution in [1.29, 1.82) is 0 Å². The van der Waals surface area contributed by atoms with Gasteiger partial charge in [-0.05, 0) is 6.92 Å². The Morgan fingerprint density at radius 3 is 2.62 bits per heavy atom. The van der Waals surface area contributed by atoms with Gasteiger partial charge in [-0.1, -0.05) is 6.58 Å². The maximum Gasteiger partial charge on any atom is 0.0939 e. The highest BCUT2D eigenvalue weighted by molar-refractivity contribution is 4.98. The average Bonchev–Trinajstić information content (AvgIpc) is 1.85. The zero-order chi connectivity index (χ0) is 6.15. The van der Waals surface area contributed by atoms with Crippen LogP contribution in [0.3, 0.4) is 0 Å². The molecule has 1 fully saturated rings. The molecule has 2 nitrogen and oxygen atoms in total. The van der Waals surface area contributed by atoms with Gasteiger partial charge < -0.3 is 10.2 Å². The van der Waals surface area contributed by atoms with Gasteiger partial charge in [-0.15, -0.1) is 0 Å². The minimum Gasteiger partial charge on any atom is -0.368 e. The molecule has 1 heterocycles. The average molecular weight is 112 g/mol. The van der Waals surface area contributed by atoms with E-state index in [1.165, 1.54) is 0 Å². The minimum atomic E-state index is 0.576. The van der Waals surface area contributed by atoms with Crippen molar-refractivity contribution in [2.45, 2.75) is 13.0 Å². The zero-order valence-electron chi connectivity index (χ0n) is 5.44. The summed E-state index contributed by atoms with van der Waals surface area (Å²) in [6.45, 7) is 7.03. The van der Waals surface area contributed by atoms with Crippen LogP contribution in [-0.2, 0) is 0 Å². The summed E-state index contributed by atoms with van der Waals surface area (Å²) in [5, 5.41) is 3.20. The van der Waals surface area contributed by atoms with E-state index in [9.17, 15) is 0 Å². The van der Waals surface area contributed by atoms with E-state index in [1.807, 2.05) is 7.05 Å². The normalized spacial score (nSPS) is 28.5. The van der Waals surface area contributed by atoms with E-state index in [2.05, 4.69) is 23.7 Å². The maximum absolute atomic E-state index is 3.80. The largest absolute Gasteiger partial charge is 0.368 e. The molecule has 0 amide bonds. The summed E-state index contributed by atoms with van der Waals surface area (Å²) in [6, 6.07) is 0.576. The van der Waals surface area contributed by atoms with Gasteiger partial charge in [0.1, 0.15) is 0 Å². The van der Waals surface area contributed by atoms with Crippen LogP contribution in [0.2, 0.25) is 0 Å². The molecule has 1 aliphatic rings. The van der Waals surface area contributed by atoms with Crippen LogP contribution < -0.4 is 5.32 Å². The van der Waals surface area contributed by atoms with Gasteiger partial charge in [0, 0.05) is 19.6 Å². The Hall–Kier alpha value is -0.660. The summed E-state index contributed by atoms with van der Waals surface area (Å²) in [4.78, 5) is 2.12. The van der Waals surface area contributed by atoms with E-state index in [1.54, 1.807) is 0 Å². The third-order valence-electron chi connectivity index (χ3n) is 1.42. The summed E-state index contributed by atoms with van der Waals surface area (Å²) < 4.78 is 0. The molecule has 1 rings (SSSR count). The molecular weight excluding hydrogens is 100 g/mol. The summed E-state index contributed by atoms with van der Waals surface area (Å²) in [5.74, 6) is 1.04. The quantitative estimate of drug-likeness (QED) is 0.487. The summed E-state index contributed by atoms with van der Waals surface area (Å²) in [6.07, 6.45) is 0. The molecule has 1 N–H and O–H groups in total. The molecule has 0 aromatic rings. The first-order valence-corrected chi connectivity index (χ1v) is 2.86. The van der Waals surface area contributed by atoms with Crippen LogP contribution in [0.15, 0.2) is 12.4 Å². The van der Waals surface area contributed by atoms with Gasteiger partial charge in [0.2, 0.25) is 0 Å². The molecule has 0 saturated carbocycles. The van der Waals surface area contributed by atoms with E-state index in [0.29, 0.717) is 6.04 Å². The Morgan fingerprint density at radius 1 is 1.88 bits per heavy atom. The van der Waals surface area contributed by atoms with E-state index in [4.69, 9.17) is 0 Å². The number of nitrogens with zero attached hydrogens (tertiary/aromatic N) is 1. The predicted molar refractivity (Wildman–Crippen MR) is 34.4 cm³/mol. The number of hydrogen-bond acceptors (Lipinski definition) is 2. The van der Waals surface area contributed by atoms with Crippen LogP contribution >= 0.6 is 0 Å². The van der Waals surface area contributed by atoms with Crippen LogP contribution in [0, 0.1) is 0 Å². The molecule has 0 radical (unpaired) electrons. The number of rotatable bonds is 0. The molecule has 1 saturated heterocycles. The molecule has 1 atom stereocenters. The van der Waals surface area contributed by atoms with Gasteiger partial charge in [-0.2, -0.15) is 0 Å². The fraction of sp³-hybridized carbons (Fsp3) is 0.667. The molecule has 0 aliphatic carbocycles. The molecule has 46 valence electrons. The lowest BCUT2D eigenvalue weighted by Gasteiger charge is -2.07. The molecular formula is C6H12N2. The summed E-state index contributed by atoms with van der Waals surface area (Å²) in [7, 11) is 2.04. The third-order valence-corrected chi connectivity index (χ3v) is 1.42. The van der Waals surface area contributed by atoms with Gasteiger partial charge in [0.05, 0.1) is 5.82 Å². The molecule has 8 heavy (non-hydrogen) atoms. The van der Waals surface area contributed by atoms with Crippen molar-refractivity contribution < 1.29 is 0 Å². The summed E-state index contributed by atoms with van der Waals surface area (Å²) in [5.41, 5.74) is 0. The van der Waals surface area contributed by atoms with E-state index < -0.39 is 0 Å². The topological polar surface area (TPSA) is 15.3 Å². The van der Waals surface area contributed by atoms with Crippen LogP contribution in [-0.4, -0.2) is 24.5 Å². The van der Waals surface area contributed by atoms with Crippen LogP contribution in [0.4, 0.5) is 0 Å². The van der Waals surface area contributed by atoms with Crippen molar-refractivity contribution in [2.24, 2.45) is 0 Å². The highest BCUT2D eigenvalue weighted by Gasteiger charge is 2.15. The molecule has 0 aromatic carbocycles. The molecule has 0 aromatic heterocycles. The fourth-order valence-electron chi connectivity index (χ4n) is 0.961. The fourth-order valence-corrected chi connectivity index (χ4v) is 0.961. The monoisotopic (exact) mass is 112 g/mol. The Morgan fingerprint density at radius 2 is 2.50 bits per heavy atom. The smallest absolute Gasteiger partial charge is 0.0939 e. The standard InChI is InChI=1S/C6H12N2/c1-5-4-8(3)6(2)7-5/h5,7H,2,4H2,1,3H3. The van der Waals surface area contributed by atoms with Gasteiger partial charge in [0.25, 0.3) is 0 Å². The van der Waals surface area contributed by atoms with E-state index in [-0.39, 0.29) is 0 Å². The highest BCUT2D eigenvalue weighted by atomic mass is 15.3. The Labute approximate surface area is 50.2 Å². The first-order valence-electron chi connectivity index (χ1n) is 2.86.